The van der Waals surface area contributed by atoms with Crippen LogP contribution in [0.15, 0.2) is 94.2 Å². The number of benzene rings is 3. The number of hydrogen-bond acceptors (Lipinski definition) is 6. The lowest BCUT2D eigenvalue weighted by atomic mass is 9.93. The summed E-state index contributed by atoms with van der Waals surface area (Å²) in [6.07, 6.45) is 1.87. The van der Waals surface area contributed by atoms with Gasteiger partial charge in [-0.25, -0.2) is 9.79 Å². The lowest BCUT2D eigenvalue weighted by Crippen LogP contribution is -2.40. The summed E-state index contributed by atoms with van der Waals surface area (Å²) < 4.78 is 13.0. The van der Waals surface area contributed by atoms with Gasteiger partial charge in [-0.3, -0.25) is 9.36 Å². The second-order valence-electron chi connectivity index (χ2n) is 8.62. The maximum atomic E-state index is 13.9. The minimum atomic E-state index is -0.712. The molecule has 7 heteroatoms. The summed E-state index contributed by atoms with van der Waals surface area (Å²) in [7, 11) is 1.60. The van der Waals surface area contributed by atoms with E-state index in [-0.39, 0.29) is 12.2 Å². The van der Waals surface area contributed by atoms with Gasteiger partial charge in [0, 0.05) is 5.56 Å². The molecule has 0 unspecified atom stereocenters. The number of carbonyl (C=O) groups is 1. The number of thiazole rings is 1. The van der Waals surface area contributed by atoms with Crippen LogP contribution in [-0.4, -0.2) is 24.3 Å². The van der Waals surface area contributed by atoms with Gasteiger partial charge in [-0.15, -0.1) is 0 Å². The highest BCUT2D eigenvalue weighted by Gasteiger charge is 2.35. The van der Waals surface area contributed by atoms with Crippen LogP contribution in [0.4, 0.5) is 0 Å². The molecule has 186 valence electrons. The fraction of sp³-hybridized carbons (Fsp3) is 0.167. The van der Waals surface area contributed by atoms with Gasteiger partial charge in [-0.1, -0.05) is 83.6 Å². The Morgan fingerprint density at radius 1 is 1.05 bits per heavy atom. The Morgan fingerprint density at radius 3 is 2.49 bits per heavy atom. The largest absolute Gasteiger partial charge is 0.497 e. The molecule has 0 N–H and O–H groups in total. The Labute approximate surface area is 218 Å². The fourth-order valence-electron chi connectivity index (χ4n) is 4.45. The van der Waals surface area contributed by atoms with Gasteiger partial charge < -0.3 is 9.47 Å². The van der Waals surface area contributed by atoms with Crippen LogP contribution in [0.2, 0.25) is 0 Å². The monoisotopic (exact) mass is 510 g/mol. The van der Waals surface area contributed by atoms with E-state index in [0.29, 0.717) is 26.4 Å². The van der Waals surface area contributed by atoms with E-state index in [4.69, 9.17) is 14.5 Å². The maximum Gasteiger partial charge on any atom is 0.338 e. The zero-order valence-corrected chi connectivity index (χ0v) is 21.6. The van der Waals surface area contributed by atoms with Crippen molar-refractivity contribution in [2.45, 2.75) is 19.9 Å². The Hall–Kier alpha value is -4.23. The molecule has 1 aromatic heterocycles. The van der Waals surface area contributed by atoms with Crippen molar-refractivity contribution in [2.24, 2.45) is 4.99 Å². The van der Waals surface area contributed by atoms with E-state index in [0.717, 1.165) is 22.3 Å². The van der Waals surface area contributed by atoms with Crippen LogP contribution in [0.5, 0.6) is 5.75 Å². The predicted octanol–water partition coefficient (Wildman–Crippen LogP) is 4.25. The van der Waals surface area contributed by atoms with Crippen LogP contribution in [0.1, 0.15) is 35.2 Å². The Balaban J connectivity index is 1.82. The van der Waals surface area contributed by atoms with E-state index in [2.05, 4.69) is 0 Å². The molecule has 37 heavy (non-hydrogen) atoms. The number of methoxy groups -OCH3 is 1. The molecule has 3 aromatic carbocycles. The van der Waals surface area contributed by atoms with Gasteiger partial charge in [0.2, 0.25) is 0 Å². The summed E-state index contributed by atoms with van der Waals surface area (Å²) in [5.74, 6) is 0.180. The summed E-state index contributed by atoms with van der Waals surface area (Å²) in [5, 5.41) is 0. The summed E-state index contributed by atoms with van der Waals surface area (Å²) in [6, 6.07) is 24.2. The maximum absolute atomic E-state index is 13.9. The van der Waals surface area contributed by atoms with Gasteiger partial charge in [0.05, 0.1) is 35.6 Å². The topological polar surface area (TPSA) is 69.9 Å². The molecule has 6 nitrogen and oxygen atoms in total. The smallest absolute Gasteiger partial charge is 0.338 e. The SMILES string of the molecule is CCOC(=O)C1=C(c2ccccc2)N=c2s/c(=C/c3cccc(C)c3)c(=O)n2[C@H]1c1ccc(OC)cc1. The second kappa shape index (κ2) is 10.4. The van der Waals surface area contributed by atoms with Crippen LogP contribution >= 0.6 is 11.3 Å². The number of esters is 1. The Kier molecular flexibility index (Phi) is 6.88. The van der Waals surface area contributed by atoms with Gasteiger partial charge in [-0.05, 0) is 43.2 Å². The molecule has 5 rings (SSSR count). The van der Waals surface area contributed by atoms with Crippen molar-refractivity contribution in [1.82, 2.24) is 4.57 Å². The van der Waals surface area contributed by atoms with Gasteiger partial charge in [-0.2, -0.15) is 0 Å². The lowest BCUT2D eigenvalue weighted by Gasteiger charge is -2.26. The first-order valence-electron chi connectivity index (χ1n) is 12.0. The third-order valence-corrected chi connectivity index (χ3v) is 7.13. The molecule has 2 heterocycles. The highest BCUT2D eigenvalue weighted by molar-refractivity contribution is 7.07. The predicted molar refractivity (Wildman–Crippen MR) is 145 cm³/mol. The average molecular weight is 511 g/mol. The first-order chi connectivity index (χ1) is 18.0. The van der Waals surface area contributed by atoms with E-state index in [9.17, 15) is 9.59 Å². The van der Waals surface area contributed by atoms with Crippen molar-refractivity contribution in [1.29, 1.82) is 0 Å². The van der Waals surface area contributed by atoms with Crippen molar-refractivity contribution in [3.8, 4) is 5.75 Å². The van der Waals surface area contributed by atoms with Crippen molar-refractivity contribution >= 4 is 29.1 Å². The first kappa shape index (κ1) is 24.5. The lowest BCUT2D eigenvalue weighted by molar-refractivity contribution is -0.138. The number of aryl methyl sites for hydroxylation is 1. The standard InChI is InChI=1S/C30H26N2O4S/c1-4-36-29(34)25-26(21-11-6-5-7-12-21)31-30-32(27(25)22-13-15-23(35-3)16-14-22)28(33)24(37-30)18-20-10-8-9-19(2)17-20/h5-18,27H,4H2,1-3H3/b24-18+/t27-/m0/s1. The van der Waals surface area contributed by atoms with Gasteiger partial charge >= 0.3 is 5.97 Å². The minimum absolute atomic E-state index is 0.206. The van der Waals surface area contributed by atoms with E-state index in [1.807, 2.05) is 91.9 Å². The number of ether oxygens (including phenoxy) is 2. The molecule has 0 aliphatic carbocycles. The molecular weight excluding hydrogens is 484 g/mol. The van der Waals surface area contributed by atoms with Crippen LogP contribution in [0.3, 0.4) is 0 Å². The van der Waals surface area contributed by atoms with E-state index < -0.39 is 12.0 Å². The average Bonchev–Trinajstić information content (AvgIpc) is 3.22. The first-order valence-corrected chi connectivity index (χ1v) is 12.8. The number of nitrogens with zero attached hydrogens (tertiary/aromatic N) is 2. The number of aromatic nitrogens is 1. The second-order valence-corrected chi connectivity index (χ2v) is 9.63. The molecule has 0 spiro atoms. The van der Waals surface area contributed by atoms with Gasteiger partial charge in [0.25, 0.3) is 5.56 Å². The molecule has 1 aliphatic heterocycles. The molecular formula is C30H26N2O4S. The third kappa shape index (κ3) is 4.78. The van der Waals surface area contributed by atoms with Gasteiger partial charge in [0.1, 0.15) is 5.75 Å². The van der Waals surface area contributed by atoms with Crippen molar-refractivity contribution in [3.63, 3.8) is 0 Å². The summed E-state index contributed by atoms with van der Waals surface area (Å²) in [6.45, 7) is 3.98. The molecule has 0 fully saturated rings. The van der Waals surface area contributed by atoms with E-state index in [1.165, 1.54) is 11.3 Å². The minimum Gasteiger partial charge on any atom is -0.497 e. The van der Waals surface area contributed by atoms with Crippen molar-refractivity contribution in [3.05, 3.63) is 126 Å². The summed E-state index contributed by atoms with van der Waals surface area (Å²) in [4.78, 5) is 32.7. The van der Waals surface area contributed by atoms with Crippen LogP contribution in [-0.2, 0) is 9.53 Å². The van der Waals surface area contributed by atoms with E-state index in [1.54, 1.807) is 18.6 Å². The molecule has 0 amide bonds. The normalized spacial score (nSPS) is 15.2. The summed E-state index contributed by atoms with van der Waals surface area (Å²) >= 11 is 1.31. The molecule has 0 bridgehead atoms. The number of carbonyl (C=O) groups excluding carboxylic acids is 1. The van der Waals surface area contributed by atoms with Gasteiger partial charge in [0.15, 0.2) is 4.80 Å². The highest BCUT2D eigenvalue weighted by Crippen LogP contribution is 2.35. The fourth-order valence-corrected chi connectivity index (χ4v) is 5.45. The van der Waals surface area contributed by atoms with Crippen molar-refractivity contribution < 1.29 is 14.3 Å². The van der Waals surface area contributed by atoms with E-state index >= 15 is 0 Å². The molecule has 1 atom stereocenters. The number of rotatable bonds is 6. The molecule has 1 aliphatic rings. The number of fused-ring (bicyclic) bond motifs is 1. The molecule has 4 aromatic rings. The van der Waals surface area contributed by atoms with Crippen molar-refractivity contribution in [2.75, 3.05) is 13.7 Å². The van der Waals surface area contributed by atoms with Crippen LogP contribution in [0, 0.1) is 6.92 Å². The zero-order chi connectivity index (χ0) is 25.9. The van der Waals surface area contributed by atoms with Crippen LogP contribution in [0.25, 0.3) is 11.8 Å². The summed E-state index contributed by atoms with van der Waals surface area (Å²) in [5.41, 5.74) is 4.19. The zero-order valence-electron chi connectivity index (χ0n) is 20.8. The third-order valence-electron chi connectivity index (χ3n) is 6.15. The molecule has 0 saturated heterocycles. The Morgan fingerprint density at radius 2 is 1.81 bits per heavy atom. The Bertz CT molecular complexity index is 1670. The number of hydrogen-bond donors (Lipinski definition) is 0. The quantitative estimate of drug-likeness (QED) is 0.364. The molecule has 0 radical (unpaired) electrons. The molecule has 0 saturated carbocycles. The van der Waals surface area contributed by atoms with Crippen LogP contribution < -0.4 is 19.6 Å². The highest BCUT2D eigenvalue weighted by atomic mass is 32.1.